The van der Waals surface area contributed by atoms with Crippen molar-refractivity contribution in [1.29, 1.82) is 0 Å². The van der Waals surface area contributed by atoms with E-state index in [4.69, 9.17) is 5.73 Å². The van der Waals surface area contributed by atoms with Crippen molar-refractivity contribution in [2.45, 2.75) is 19.3 Å². The zero-order valence-electron chi connectivity index (χ0n) is 10.2. The molecule has 0 bridgehead atoms. The number of carbonyl (C=O) groups excluding carboxylic acids is 1. The largest absolute Gasteiger partial charge is 0.342 e. The van der Waals surface area contributed by atoms with Crippen molar-refractivity contribution in [1.82, 2.24) is 9.62 Å². The van der Waals surface area contributed by atoms with Crippen LogP contribution in [0.25, 0.3) is 0 Å². The fourth-order valence-corrected chi connectivity index (χ4v) is 2.55. The van der Waals surface area contributed by atoms with Crippen LogP contribution in [0.4, 0.5) is 0 Å². The van der Waals surface area contributed by atoms with E-state index < -0.39 is 10.0 Å². The molecule has 1 aliphatic rings. The smallest absolute Gasteiger partial charge is 0.223 e. The first-order chi connectivity index (χ1) is 7.92. The number of sulfonamides is 1. The van der Waals surface area contributed by atoms with Gasteiger partial charge in [-0.15, -0.1) is 0 Å². The molecule has 1 aliphatic heterocycles. The van der Waals surface area contributed by atoms with Crippen molar-refractivity contribution in [2.24, 2.45) is 11.7 Å². The van der Waals surface area contributed by atoms with E-state index in [0.29, 0.717) is 26.1 Å². The van der Waals surface area contributed by atoms with Crippen LogP contribution >= 0.6 is 0 Å². The van der Waals surface area contributed by atoms with Gasteiger partial charge in [0.25, 0.3) is 0 Å². The standard InChI is InChI=1S/C10H21N3O3S/c1-17(15,16)12-7-9-3-2-6-13(8-9)10(14)4-5-11/h9,12H,2-8,11H2,1H3. The number of carbonyl (C=O) groups is 1. The highest BCUT2D eigenvalue weighted by molar-refractivity contribution is 7.88. The molecule has 0 aliphatic carbocycles. The Morgan fingerprint density at radius 1 is 1.53 bits per heavy atom. The Balaban J connectivity index is 2.41. The van der Waals surface area contributed by atoms with E-state index in [9.17, 15) is 13.2 Å². The molecule has 17 heavy (non-hydrogen) atoms. The first kappa shape index (κ1) is 14.4. The Labute approximate surface area is 103 Å². The van der Waals surface area contributed by atoms with Crippen LogP contribution in [-0.2, 0) is 14.8 Å². The first-order valence-electron chi connectivity index (χ1n) is 5.85. The number of nitrogens with one attached hydrogen (secondary N) is 1. The van der Waals surface area contributed by atoms with Gasteiger partial charge >= 0.3 is 0 Å². The third-order valence-electron chi connectivity index (χ3n) is 2.86. The molecule has 0 radical (unpaired) electrons. The highest BCUT2D eigenvalue weighted by atomic mass is 32.2. The fourth-order valence-electron chi connectivity index (χ4n) is 2.01. The molecule has 1 unspecified atom stereocenters. The first-order valence-corrected chi connectivity index (χ1v) is 7.74. The Bertz CT molecular complexity index is 356. The second-order valence-corrected chi connectivity index (χ2v) is 6.34. The SMILES string of the molecule is CS(=O)(=O)NCC1CCCN(C(=O)CCN)C1. The molecule has 0 spiro atoms. The monoisotopic (exact) mass is 263 g/mol. The van der Waals surface area contributed by atoms with E-state index >= 15 is 0 Å². The van der Waals surface area contributed by atoms with Crippen LogP contribution < -0.4 is 10.5 Å². The lowest BCUT2D eigenvalue weighted by molar-refractivity contribution is -0.132. The number of hydrogen-bond donors (Lipinski definition) is 2. The Hall–Kier alpha value is -0.660. The molecule has 100 valence electrons. The number of likely N-dealkylation sites (tertiary alicyclic amines) is 1. The molecule has 1 atom stereocenters. The van der Waals surface area contributed by atoms with E-state index in [2.05, 4.69) is 4.72 Å². The lowest BCUT2D eigenvalue weighted by Gasteiger charge is -2.32. The van der Waals surface area contributed by atoms with Gasteiger partial charge in [-0.05, 0) is 18.8 Å². The molecule has 1 heterocycles. The summed E-state index contributed by atoms with van der Waals surface area (Å²) in [5, 5.41) is 0. The average molecular weight is 263 g/mol. The molecule has 0 aromatic rings. The van der Waals surface area contributed by atoms with Crippen LogP contribution in [0.1, 0.15) is 19.3 Å². The molecular formula is C10H21N3O3S. The summed E-state index contributed by atoms with van der Waals surface area (Å²) in [4.78, 5) is 13.4. The maximum absolute atomic E-state index is 11.7. The van der Waals surface area contributed by atoms with Crippen molar-refractivity contribution in [3.63, 3.8) is 0 Å². The van der Waals surface area contributed by atoms with Crippen molar-refractivity contribution in [3.8, 4) is 0 Å². The third kappa shape index (κ3) is 5.47. The van der Waals surface area contributed by atoms with Crippen LogP contribution in [-0.4, -0.2) is 51.7 Å². The minimum absolute atomic E-state index is 0.0663. The maximum atomic E-state index is 11.7. The van der Waals surface area contributed by atoms with E-state index in [1.165, 1.54) is 0 Å². The zero-order chi connectivity index (χ0) is 12.9. The number of hydrogen-bond acceptors (Lipinski definition) is 4. The van der Waals surface area contributed by atoms with Crippen LogP contribution in [0, 0.1) is 5.92 Å². The summed E-state index contributed by atoms with van der Waals surface area (Å²) in [6.07, 6.45) is 3.39. The van der Waals surface area contributed by atoms with Gasteiger partial charge < -0.3 is 10.6 Å². The van der Waals surface area contributed by atoms with Gasteiger partial charge in [-0.3, -0.25) is 4.79 Å². The fraction of sp³-hybridized carbons (Fsp3) is 0.900. The molecular weight excluding hydrogens is 242 g/mol. The molecule has 6 nitrogen and oxygen atoms in total. The number of rotatable bonds is 5. The highest BCUT2D eigenvalue weighted by Gasteiger charge is 2.23. The predicted molar refractivity (Wildman–Crippen MR) is 65.8 cm³/mol. The van der Waals surface area contributed by atoms with Gasteiger partial charge in [-0.1, -0.05) is 0 Å². The van der Waals surface area contributed by atoms with E-state index in [0.717, 1.165) is 25.6 Å². The van der Waals surface area contributed by atoms with Crippen molar-refractivity contribution in [3.05, 3.63) is 0 Å². The molecule has 1 rings (SSSR count). The summed E-state index contributed by atoms with van der Waals surface area (Å²) in [6.45, 7) is 2.16. The van der Waals surface area contributed by atoms with E-state index in [1.54, 1.807) is 4.90 Å². The van der Waals surface area contributed by atoms with Gasteiger partial charge in [-0.25, -0.2) is 13.1 Å². The van der Waals surface area contributed by atoms with Gasteiger partial charge in [0.2, 0.25) is 15.9 Å². The normalized spacial score (nSPS) is 21.5. The molecule has 1 saturated heterocycles. The number of amides is 1. The molecule has 0 aromatic carbocycles. The predicted octanol–water partition coefficient (Wildman–Crippen LogP) is -0.877. The summed E-state index contributed by atoms with van der Waals surface area (Å²) in [5.41, 5.74) is 5.35. The van der Waals surface area contributed by atoms with Crippen molar-refractivity contribution < 1.29 is 13.2 Å². The number of nitrogens with two attached hydrogens (primary N) is 1. The third-order valence-corrected chi connectivity index (χ3v) is 3.56. The number of piperidine rings is 1. The second-order valence-electron chi connectivity index (χ2n) is 4.51. The minimum atomic E-state index is -3.14. The molecule has 3 N–H and O–H groups in total. The summed E-state index contributed by atoms with van der Waals surface area (Å²) in [5.74, 6) is 0.275. The topological polar surface area (TPSA) is 92.5 Å². The van der Waals surface area contributed by atoms with Gasteiger partial charge in [0, 0.05) is 32.6 Å². The molecule has 1 amide bonds. The van der Waals surface area contributed by atoms with Crippen molar-refractivity contribution >= 4 is 15.9 Å². The molecule has 1 fully saturated rings. The van der Waals surface area contributed by atoms with Gasteiger partial charge in [-0.2, -0.15) is 0 Å². The summed E-state index contributed by atoms with van der Waals surface area (Å²) >= 11 is 0. The van der Waals surface area contributed by atoms with Gasteiger partial charge in [0.05, 0.1) is 6.26 Å². The van der Waals surface area contributed by atoms with Crippen LogP contribution in [0.15, 0.2) is 0 Å². The van der Waals surface area contributed by atoms with Gasteiger partial charge in [0.1, 0.15) is 0 Å². The maximum Gasteiger partial charge on any atom is 0.223 e. The molecule has 0 aromatic heterocycles. The summed E-state index contributed by atoms with van der Waals surface area (Å²) in [7, 11) is -3.14. The zero-order valence-corrected chi connectivity index (χ0v) is 11.0. The quantitative estimate of drug-likeness (QED) is 0.674. The molecule has 0 saturated carbocycles. The van der Waals surface area contributed by atoms with Crippen molar-refractivity contribution in [2.75, 3.05) is 32.4 Å². The van der Waals surface area contributed by atoms with E-state index in [-0.39, 0.29) is 11.8 Å². The Morgan fingerprint density at radius 2 is 2.24 bits per heavy atom. The second kappa shape index (κ2) is 6.32. The van der Waals surface area contributed by atoms with Gasteiger partial charge in [0.15, 0.2) is 0 Å². The minimum Gasteiger partial charge on any atom is -0.342 e. The lowest BCUT2D eigenvalue weighted by atomic mass is 9.98. The number of nitrogens with zero attached hydrogens (tertiary/aromatic N) is 1. The Kier molecular flexibility index (Phi) is 5.35. The van der Waals surface area contributed by atoms with Crippen LogP contribution in [0.2, 0.25) is 0 Å². The van der Waals surface area contributed by atoms with Crippen LogP contribution in [0.5, 0.6) is 0 Å². The Morgan fingerprint density at radius 3 is 2.82 bits per heavy atom. The summed E-state index contributed by atoms with van der Waals surface area (Å²) in [6, 6.07) is 0. The van der Waals surface area contributed by atoms with Crippen LogP contribution in [0.3, 0.4) is 0 Å². The average Bonchev–Trinajstić information content (AvgIpc) is 2.26. The lowest BCUT2D eigenvalue weighted by Crippen LogP contribution is -2.44. The summed E-state index contributed by atoms with van der Waals surface area (Å²) < 4.78 is 24.5. The molecule has 7 heteroatoms. The van der Waals surface area contributed by atoms with E-state index in [1.807, 2.05) is 0 Å². The highest BCUT2D eigenvalue weighted by Crippen LogP contribution is 2.16.